The van der Waals surface area contributed by atoms with E-state index in [0.29, 0.717) is 0 Å². The van der Waals surface area contributed by atoms with E-state index < -0.39 is 0 Å². The molecule has 144 valence electrons. The third kappa shape index (κ3) is 3.58. The van der Waals surface area contributed by atoms with Crippen LogP contribution >= 0.6 is 0 Å². The Morgan fingerprint density at radius 2 is 1.86 bits per heavy atom. The standard InChI is InChI=1S/C23H26N4O/c1-26(2)22-15-19(18-11-6-7-12-20(18)25-22)23(28)27-14-8-13-24-16-21(27)17-9-4-3-5-10-17/h3-7,9-12,15,21,24H,8,13-14,16H2,1-2H3. The van der Waals surface area contributed by atoms with Gasteiger partial charge in [0.1, 0.15) is 5.82 Å². The Labute approximate surface area is 166 Å². The van der Waals surface area contributed by atoms with Gasteiger partial charge in [-0.25, -0.2) is 4.98 Å². The van der Waals surface area contributed by atoms with Crippen molar-refractivity contribution in [3.63, 3.8) is 0 Å². The van der Waals surface area contributed by atoms with E-state index in [-0.39, 0.29) is 11.9 Å². The number of rotatable bonds is 3. The molecule has 0 bridgehead atoms. The predicted molar refractivity (Wildman–Crippen MR) is 114 cm³/mol. The fourth-order valence-electron chi connectivity index (χ4n) is 3.82. The van der Waals surface area contributed by atoms with Gasteiger partial charge in [-0.15, -0.1) is 0 Å². The molecule has 0 radical (unpaired) electrons. The first kappa shape index (κ1) is 18.4. The van der Waals surface area contributed by atoms with Crippen molar-refractivity contribution in [1.29, 1.82) is 0 Å². The third-order valence-electron chi connectivity index (χ3n) is 5.30. The molecule has 28 heavy (non-hydrogen) atoms. The molecule has 1 aromatic heterocycles. The molecule has 5 heteroatoms. The highest BCUT2D eigenvalue weighted by Gasteiger charge is 2.29. The number of para-hydroxylation sites is 1. The van der Waals surface area contributed by atoms with Crippen LogP contribution in [-0.2, 0) is 0 Å². The van der Waals surface area contributed by atoms with Gasteiger partial charge in [0, 0.05) is 32.6 Å². The average Bonchev–Trinajstić information content (AvgIpc) is 2.99. The van der Waals surface area contributed by atoms with Crippen LogP contribution in [0.4, 0.5) is 5.82 Å². The number of nitrogens with zero attached hydrogens (tertiary/aromatic N) is 3. The molecule has 2 heterocycles. The van der Waals surface area contributed by atoms with Crippen LogP contribution in [0.2, 0.25) is 0 Å². The maximum absolute atomic E-state index is 13.8. The van der Waals surface area contributed by atoms with Crippen molar-refractivity contribution in [3.05, 3.63) is 71.8 Å². The molecule has 0 saturated carbocycles. The highest BCUT2D eigenvalue weighted by Crippen LogP contribution is 2.28. The van der Waals surface area contributed by atoms with Gasteiger partial charge in [0.25, 0.3) is 5.91 Å². The van der Waals surface area contributed by atoms with Crippen molar-refractivity contribution in [1.82, 2.24) is 15.2 Å². The fraction of sp³-hybridized carbons (Fsp3) is 0.304. The minimum atomic E-state index is 0.0194. The number of pyridine rings is 1. The Hall–Kier alpha value is -2.92. The van der Waals surface area contributed by atoms with Gasteiger partial charge in [0.2, 0.25) is 0 Å². The lowest BCUT2D eigenvalue weighted by molar-refractivity contribution is 0.0693. The Balaban J connectivity index is 1.80. The van der Waals surface area contributed by atoms with E-state index in [2.05, 4.69) is 17.4 Å². The average molecular weight is 374 g/mol. The highest BCUT2D eigenvalue weighted by atomic mass is 16.2. The highest BCUT2D eigenvalue weighted by molar-refractivity contribution is 6.07. The zero-order valence-corrected chi connectivity index (χ0v) is 16.4. The van der Waals surface area contributed by atoms with Crippen LogP contribution in [0.1, 0.15) is 28.4 Å². The SMILES string of the molecule is CN(C)c1cc(C(=O)N2CCCNCC2c2ccccc2)c2ccccc2n1. The summed E-state index contributed by atoms with van der Waals surface area (Å²) in [6.45, 7) is 2.42. The minimum absolute atomic E-state index is 0.0194. The maximum atomic E-state index is 13.8. The number of carbonyl (C=O) groups is 1. The molecule has 5 nitrogen and oxygen atoms in total. The monoisotopic (exact) mass is 374 g/mol. The summed E-state index contributed by atoms with van der Waals surface area (Å²) in [6.07, 6.45) is 0.943. The van der Waals surface area contributed by atoms with E-state index in [9.17, 15) is 4.79 Å². The lowest BCUT2D eigenvalue weighted by atomic mass is 10.0. The van der Waals surface area contributed by atoms with Crippen LogP contribution in [0.5, 0.6) is 0 Å². The van der Waals surface area contributed by atoms with E-state index in [1.165, 1.54) is 0 Å². The van der Waals surface area contributed by atoms with Crippen LogP contribution < -0.4 is 10.2 Å². The van der Waals surface area contributed by atoms with E-state index >= 15 is 0 Å². The maximum Gasteiger partial charge on any atom is 0.255 e. The zero-order valence-electron chi connectivity index (χ0n) is 16.4. The lowest BCUT2D eigenvalue weighted by Crippen LogP contribution is -2.37. The van der Waals surface area contributed by atoms with Gasteiger partial charge >= 0.3 is 0 Å². The molecule has 2 aromatic carbocycles. The van der Waals surface area contributed by atoms with Crippen LogP contribution in [0.15, 0.2) is 60.7 Å². The van der Waals surface area contributed by atoms with Crippen molar-refractivity contribution in [2.45, 2.75) is 12.5 Å². The van der Waals surface area contributed by atoms with Crippen LogP contribution in [0.3, 0.4) is 0 Å². The molecule has 1 saturated heterocycles. The number of benzene rings is 2. The molecule has 1 atom stereocenters. The topological polar surface area (TPSA) is 48.5 Å². The Bertz CT molecular complexity index is 971. The molecule has 1 aliphatic heterocycles. The van der Waals surface area contributed by atoms with Gasteiger partial charge in [-0.3, -0.25) is 4.79 Å². The first-order valence-electron chi connectivity index (χ1n) is 9.79. The van der Waals surface area contributed by atoms with Gasteiger partial charge in [-0.2, -0.15) is 0 Å². The van der Waals surface area contributed by atoms with Crippen molar-refractivity contribution < 1.29 is 4.79 Å². The summed E-state index contributed by atoms with van der Waals surface area (Å²) < 4.78 is 0. The fourth-order valence-corrected chi connectivity index (χ4v) is 3.82. The van der Waals surface area contributed by atoms with E-state index in [1.807, 2.05) is 72.4 Å². The first-order chi connectivity index (χ1) is 13.6. The van der Waals surface area contributed by atoms with E-state index in [4.69, 9.17) is 4.98 Å². The number of nitrogens with one attached hydrogen (secondary N) is 1. The molecule has 0 spiro atoms. The summed E-state index contributed by atoms with van der Waals surface area (Å²) in [5.74, 6) is 0.866. The molecule has 1 N–H and O–H groups in total. The van der Waals surface area contributed by atoms with Crippen LogP contribution in [-0.4, -0.2) is 49.5 Å². The number of hydrogen-bond donors (Lipinski definition) is 1. The predicted octanol–water partition coefficient (Wildman–Crippen LogP) is 3.48. The largest absolute Gasteiger partial charge is 0.363 e. The summed E-state index contributed by atoms with van der Waals surface area (Å²) in [6, 6.07) is 20.1. The Kier molecular flexibility index (Phi) is 5.26. The Morgan fingerprint density at radius 3 is 2.64 bits per heavy atom. The second kappa shape index (κ2) is 7.98. The van der Waals surface area contributed by atoms with Gasteiger partial charge in [-0.1, -0.05) is 48.5 Å². The lowest BCUT2D eigenvalue weighted by Gasteiger charge is -2.31. The number of anilines is 1. The number of fused-ring (bicyclic) bond motifs is 1. The number of amides is 1. The van der Waals surface area contributed by atoms with Crippen molar-refractivity contribution in [3.8, 4) is 0 Å². The second-order valence-electron chi connectivity index (χ2n) is 7.42. The number of aromatic nitrogens is 1. The first-order valence-corrected chi connectivity index (χ1v) is 9.79. The van der Waals surface area contributed by atoms with E-state index in [0.717, 1.165) is 53.9 Å². The summed E-state index contributed by atoms with van der Waals surface area (Å²) in [4.78, 5) is 22.4. The van der Waals surface area contributed by atoms with Crippen molar-refractivity contribution >= 4 is 22.6 Å². The van der Waals surface area contributed by atoms with Gasteiger partial charge in [-0.05, 0) is 30.7 Å². The van der Waals surface area contributed by atoms with Gasteiger partial charge in [0.15, 0.2) is 0 Å². The van der Waals surface area contributed by atoms with Gasteiger partial charge < -0.3 is 15.1 Å². The van der Waals surface area contributed by atoms with Crippen LogP contribution in [0.25, 0.3) is 10.9 Å². The van der Waals surface area contributed by atoms with Crippen molar-refractivity contribution in [2.24, 2.45) is 0 Å². The van der Waals surface area contributed by atoms with E-state index in [1.54, 1.807) is 0 Å². The molecular weight excluding hydrogens is 348 g/mol. The second-order valence-corrected chi connectivity index (χ2v) is 7.42. The summed E-state index contributed by atoms with van der Waals surface area (Å²) >= 11 is 0. The van der Waals surface area contributed by atoms with Crippen molar-refractivity contribution in [2.75, 3.05) is 38.6 Å². The molecule has 0 aliphatic carbocycles. The smallest absolute Gasteiger partial charge is 0.255 e. The summed E-state index contributed by atoms with van der Waals surface area (Å²) in [7, 11) is 3.90. The number of hydrogen-bond acceptors (Lipinski definition) is 4. The summed E-state index contributed by atoms with van der Waals surface area (Å²) in [5.41, 5.74) is 2.73. The minimum Gasteiger partial charge on any atom is -0.363 e. The van der Waals surface area contributed by atoms with Gasteiger partial charge in [0.05, 0.1) is 17.1 Å². The molecule has 1 unspecified atom stereocenters. The third-order valence-corrected chi connectivity index (χ3v) is 5.30. The zero-order chi connectivity index (χ0) is 19.5. The molecule has 1 aliphatic rings. The molecular formula is C23H26N4O. The number of carbonyl (C=O) groups excluding carboxylic acids is 1. The normalized spacial score (nSPS) is 17.4. The summed E-state index contributed by atoms with van der Waals surface area (Å²) in [5, 5.41) is 4.39. The molecule has 1 amide bonds. The molecule has 1 fully saturated rings. The Morgan fingerprint density at radius 1 is 1.11 bits per heavy atom. The quantitative estimate of drug-likeness (QED) is 0.763. The molecule has 4 rings (SSSR count). The van der Waals surface area contributed by atoms with Crippen LogP contribution in [0, 0.1) is 0 Å². The molecule has 3 aromatic rings.